The van der Waals surface area contributed by atoms with E-state index in [1.807, 2.05) is 9.80 Å². The average Bonchev–Trinajstić information content (AvgIpc) is 4.27. The Balaban J connectivity index is 1.06. The Hall–Kier alpha value is -4.27. The minimum Gasteiger partial charge on any atom is -0.481 e. The second kappa shape index (κ2) is 25.7. The molecule has 4 saturated heterocycles. The molecule has 24 heteroatoms. The number of anilines is 2. The number of nitrogens with one attached hydrogen (secondary N) is 3. The molecule has 5 heterocycles. The molecule has 1 aromatic rings. The first kappa shape index (κ1) is 63.3. The van der Waals surface area contributed by atoms with Gasteiger partial charge >= 0.3 is 24.0 Å². The number of carbonyl (C=O) groups is 6. The van der Waals surface area contributed by atoms with Crippen LogP contribution in [0.1, 0.15) is 118 Å². The van der Waals surface area contributed by atoms with E-state index in [0.29, 0.717) is 41.5 Å². The van der Waals surface area contributed by atoms with Crippen LogP contribution in [0.15, 0.2) is 12.1 Å². The second-order valence-corrected chi connectivity index (χ2v) is 24.1. The summed E-state index contributed by atoms with van der Waals surface area (Å²) in [5.74, 6) is -8.13. The maximum atomic E-state index is 14.7. The second-order valence-electron chi connectivity index (χ2n) is 23.7. The van der Waals surface area contributed by atoms with Crippen LogP contribution in [0.2, 0.25) is 5.02 Å². The number of aliphatic carboxylic acids is 1. The lowest BCUT2D eigenvalue weighted by molar-refractivity contribution is -0.340. The fourth-order valence-corrected chi connectivity index (χ4v) is 12.9. The van der Waals surface area contributed by atoms with Crippen molar-refractivity contribution in [1.82, 2.24) is 15.5 Å². The summed E-state index contributed by atoms with van der Waals surface area (Å²) >= 11 is 6.66. The first-order valence-electron chi connectivity index (χ1n) is 28.1. The molecular formula is C56H86ClN5O18. The highest BCUT2D eigenvalue weighted by atomic mass is 35.5. The van der Waals surface area contributed by atoms with Crippen molar-refractivity contribution in [3.05, 3.63) is 22.7 Å². The van der Waals surface area contributed by atoms with Crippen molar-refractivity contribution in [3.63, 3.8) is 0 Å². The Morgan fingerprint density at radius 3 is 2.26 bits per heavy atom. The van der Waals surface area contributed by atoms with Crippen LogP contribution in [0.4, 0.5) is 16.2 Å². The Kier molecular flexibility index (Phi) is 20.3. The lowest BCUT2D eigenvalue weighted by atomic mass is 9.73. The summed E-state index contributed by atoms with van der Waals surface area (Å²) in [6.45, 7) is 16.2. The van der Waals surface area contributed by atoms with Crippen molar-refractivity contribution in [2.24, 2.45) is 29.6 Å². The molecule has 0 spiro atoms. The number of carboxylic acid groups (broad SMARTS) is 1. The van der Waals surface area contributed by atoms with E-state index >= 15 is 0 Å². The van der Waals surface area contributed by atoms with Gasteiger partial charge in [0.05, 0.1) is 53.0 Å². The van der Waals surface area contributed by atoms with Gasteiger partial charge < -0.3 is 83.7 Å². The van der Waals surface area contributed by atoms with Crippen LogP contribution in [0.3, 0.4) is 0 Å². The number of hydrogen-bond acceptors (Lipinski definition) is 21. The van der Waals surface area contributed by atoms with Gasteiger partial charge in [-0.3, -0.25) is 24.0 Å². The van der Waals surface area contributed by atoms with Gasteiger partial charge in [0.15, 0.2) is 36.4 Å². The van der Waals surface area contributed by atoms with Gasteiger partial charge in [0.1, 0.15) is 29.5 Å². The van der Waals surface area contributed by atoms with Gasteiger partial charge in [0.2, 0.25) is 0 Å². The number of carboxylic acids is 1. The number of cyclic esters (lactones) is 1. The highest BCUT2D eigenvalue weighted by molar-refractivity contribution is 6.34. The summed E-state index contributed by atoms with van der Waals surface area (Å²) in [5, 5.41) is 44.0. The lowest BCUT2D eigenvalue weighted by Gasteiger charge is -2.49. The predicted octanol–water partition coefficient (Wildman–Crippen LogP) is 4.29. The molecule has 7 rings (SSSR count). The van der Waals surface area contributed by atoms with Crippen LogP contribution in [0, 0.1) is 29.6 Å². The van der Waals surface area contributed by atoms with Gasteiger partial charge in [0.25, 0.3) is 0 Å². The van der Waals surface area contributed by atoms with Gasteiger partial charge in [-0.25, -0.2) is 4.79 Å². The Bertz CT molecular complexity index is 2410. The Morgan fingerprint density at radius 1 is 0.938 bits per heavy atom. The highest BCUT2D eigenvalue weighted by Gasteiger charge is 2.58. The molecule has 1 saturated carbocycles. The number of ether oxygens (including phenoxy) is 9. The van der Waals surface area contributed by atoms with E-state index < -0.39 is 144 Å². The number of esters is 2. The van der Waals surface area contributed by atoms with Crippen molar-refractivity contribution >= 4 is 58.5 Å². The van der Waals surface area contributed by atoms with Gasteiger partial charge in [-0.15, -0.1) is 0 Å². The molecule has 3 unspecified atom stereocenters. The fraction of sp³-hybridized carbons (Fsp3) is 0.786. The maximum absolute atomic E-state index is 14.7. The smallest absolute Gasteiger partial charge is 0.408 e. The van der Waals surface area contributed by atoms with Crippen LogP contribution in [0.25, 0.3) is 0 Å². The summed E-state index contributed by atoms with van der Waals surface area (Å²) in [5.41, 5.74) is -3.12. The van der Waals surface area contributed by atoms with Gasteiger partial charge in [-0.1, -0.05) is 39.3 Å². The zero-order valence-corrected chi connectivity index (χ0v) is 49.2. The zero-order chi connectivity index (χ0) is 58.9. The third-order valence-corrected chi connectivity index (χ3v) is 17.8. The van der Waals surface area contributed by atoms with E-state index in [4.69, 9.17) is 54.2 Å². The monoisotopic (exact) mass is 1150 g/mol. The fourth-order valence-electron chi connectivity index (χ4n) is 12.7. The zero-order valence-electron chi connectivity index (χ0n) is 48.5. The number of carbonyl (C=O) groups excluding carboxylic acids is 5. The number of benzene rings is 1. The first-order valence-corrected chi connectivity index (χ1v) is 28.5. The number of methoxy groups -OCH3 is 2. The number of aliphatic hydroxyl groups excluding tert-OH is 1. The lowest BCUT2D eigenvalue weighted by Crippen LogP contribution is -2.61. The molecule has 5 aliphatic heterocycles. The average molecular weight is 1150 g/mol. The number of halogens is 1. The molecule has 23 nitrogen and oxygen atoms in total. The van der Waals surface area contributed by atoms with Crippen molar-refractivity contribution < 1.29 is 86.7 Å². The molecule has 0 bridgehead atoms. The van der Waals surface area contributed by atoms with Gasteiger partial charge in [-0.05, 0) is 86.5 Å². The largest absolute Gasteiger partial charge is 0.481 e. The molecule has 6 N–H and O–H groups in total. The quantitative estimate of drug-likeness (QED) is 0.0517. The van der Waals surface area contributed by atoms with Gasteiger partial charge in [0, 0.05) is 94.3 Å². The van der Waals surface area contributed by atoms with Crippen LogP contribution < -0.4 is 20.9 Å². The molecule has 0 aromatic heterocycles. The minimum absolute atomic E-state index is 0.0120. The van der Waals surface area contributed by atoms with Crippen molar-refractivity contribution in [2.75, 3.05) is 64.7 Å². The van der Waals surface area contributed by atoms with E-state index in [1.165, 1.54) is 21.1 Å². The number of alkyl carbamates (subject to hydrolysis) is 1. The summed E-state index contributed by atoms with van der Waals surface area (Å²) in [4.78, 5) is 84.7. The minimum atomic E-state index is -1.89. The summed E-state index contributed by atoms with van der Waals surface area (Å²) in [6, 6.07) is 2.10. The molecule has 80 heavy (non-hydrogen) atoms. The first-order chi connectivity index (χ1) is 37.6. The van der Waals surface area contributed by atoms with Crippen molar-refractivity contribution in [1.29, 1.82) is 0 Å². The normalized spacial score (nSPS) is 39.1. The predicted molar refractivity (Wildman–Crippen MR) is 290 cm³/mol. The standard InChI is InChI=1S/C56H86ClN5O18/c1-14-39-56(9)47(60-53(70)80-56)28(3)43(64)27(2)24-54(7,71)48(79-52-45(66)38(61(10)11)23-41(72-12)78-52)29(4)46(30(5)51(69)75-39)77-42-25-55(8,73-13)49(31(6)74-42)76-40(63)17-18-58-19-20-59-36-21-33-37(22-35(36)57)62(32-15-16-32)26-34(44(33)65)50(67)68/h21-22,27-32,34,38-39,41-42,45-49,52,58-59,66,71H,14-20,23-26H2,1-13H3,(H,60,70)(H,67,68)/t27-,28+,29+,30-,31+,34?,38+,39-,41+,42?,45-,46+,47+,48-,49+,52?,54-,55-,56-/m1/s1. The highest BCUT2D eigenvalue weighted by Crippen LogP contribution is 2.45. The van der Waals surface area contributed by atoms with Gasteiger partial charge in [-0.2, -0.15) is 0 Å². The molecule has 19 atom stereocenters. The Morgan fingerprint density at radius 2 is 1.64 bits per heavy atom. The number of ketones is 2. The van der Waals surface area contributed by atoms with E-state index in [1.54, 1.807) is 81.6 Å². The SMILES string of the molecule is CC[C@H]1OC(=O)[C@H](C)[C@@H](OC2C[C@@](C)(OC)[C@@H](OC(=O)CCNCCNc3cc4c(cc3Cl)N(C3CC3)CC(C(=O)O)C4=O)[C@H](C)O2)[C@H](C)[C@@H](OC2O[C@H](OC)C[C@H](N(C)C)[C@H]2O)[C@](C)(O)C[C@@H](C)C(=O)[C@H](C)[C@@H]2NC(=O)O[C@]12C. The number of Topliss-reactive ketones (excluding diaryl/α,β-unsaturated/α-hetero) is 2. The summed E-state index contributed by atoms with van der Waals surface area (Å²) in [6.07, 6.45) is -8.46. The maximum Gasteiger partial charge on any atom is 0.408 e. The number of likely N-dealkylation sites (N-methyl/N-ethyl adjacent to an activating group) is 1. The van der Waals surface area contributed by atoms with Crippen molar-refractivity contribution in [2.45, 2.75) is 198 Å². The van der Waals surface area contributed by atoms with E-state index in [2.05, 4.69) is 16.0 Å². The molecule has 1 aromatic carbocycles. The number of amides is 1. The molecule has 0 radical (unpaired) electrons. The molecule has 5 fully saturated rings. The third-order valence-electron chi connectivity index (χ3n) is 17.5. The Labute approximate surface area is 473 Å². The molecule has 6 aliphatic rings. The molecule has 1 amide bonds. The van der Waals surface area contributed by atoms with E-state index in [9.17, 15) is 44.1 Å². The topological polar surface area (TPSA) is 289 Å². The summed E-state index contributed by atoms with van der Waals surface area (Å²) in [7, 11) is 6.55. The third kappa shape index (κ3) is 13.5. The molecule has 450 valence electrons. The van der Waals surface area contributed by atoms with Crippen LogP contribution in [-0.2, 0) is 61.8 Å². The molecule has 1 aliphatic carbocycles. The van der Waals surface area contributed by atoms with Crippen LogP contribution in [-0.4, -0.2) is 201 Å². The summed E-state index contributed by atoms with van der Waals surface area (Å²) < 4.78 is 56.3. The number of rotatable bonds is 18. The van der Waals surface area contributed by atoms with Crippen LogP contribution >= 0.6 is 11.6 Å². The molecular weight excluding hydrogens is 1070 g/mol. The van der Waals surface area contributed by atoms with E-state index in [-0.39, 0.29) is 50.6 Å². The number of aliphatic hydroxyl groups is 2. The van der Waals surface area contributed by atoms with Crippen molar-refractivity contribution in [3.8, 4) is 0 Å². The number of hydrogen-bond donors (Lipinski definition) is 6. The number of fused-ring (bicyclic) bond motifs is 2. The number of nitrogens with zero attached hydrogens (tertiary/aromatic N) is 2. The van der Waals surface area contributed by atoms with E-state index in [0.717, 1.165) is 12.8 Å². The van der Waals surface area contributed by atoms with Crippen LogP contribution in [0.5, 0.6) is 0 Å².